The van der Waals surface area contributed by atoms with Crippen LogP contribution >= 0.6 is 0 Å². The number of fused-ring (bicyclic) bond motifs is 4. The topological polar surface area (TPSA) is 383 Å². The first-order valence-electron chi connectivity index (χ1n) is 42.8. The number of carboxylic acids is 1. The maximum absolute atomic E-state index is 12.9. The van der Waals surface area contributed by atoms with Crippen molar-refractivity contribution >= 4 is 24.1 Å². The van der Waals surface area contributed by atoms with Crippen LogP contribution in [-0.4, -0.2) is 204 Å². The summed E-state index contributed by atoms with van der Waals surface area (Å²) in [6, 6.07) is 46.8. The fraction of sp³-hybridized carbons (Fsp3) is 0.357. The molecule has 11 heterocycles. The summed E-state index contributed by atoms with van der Waals surface area (Å²) in [6.07, 6.45) is 13.1. The van der Waals surface area contributed by atoms with Crippen molar-refractivity contribution in [3.63, 3.8) is 0 Å². The molecule has 0 saturated heterocycles. The number of aromatic hydroxyl groups is 2. The first kappa shape index (κ1) is 103. The molecule has 4 aromatic carbocycles. The summed E-state index contributed by atoms with van der Waals surface area (Å²) in [6.45, 7) is 15.4. The van der Waals surface area contributed by atoms with Gasteiger partial charge in [0.25, 0.3) is 5.91 Å². The number of nitrogens with one attached hydrogen (secondary N) is 1. The summed E-state index contributed by atoms with van der Waals surface area (Å²) in [5, 5.41) is 47.1. The highest BCUT2D eigenvalue weighted by molar-refractivity contribution is 5.94. The van der Waals surface area contributed by atoms with Crippen molar-refractivity contribution in [2.75, 3.05) is 93.5 Å². The second-order valence-corrected chi connectivity index (χ2v) is 31.7. The van der Waals surface area contributed by atoms with Crippen LogP contribution in [0.2, 0.25) is 0 Å². The van der Waals surface area contributed by atoms with Gasteiger partial charge in [0.15, 0.2) is 0 Å². The highest BCUT2D eigenvalue weighted by atomic mass is 19.1. The fourth-order valence-electron chi connectivity index (χ4n) is 12.9. The number of aliphatic hydroxyl groups is 2. The zero-order chi connectivity index (χ0) is 95.5. The number of nitrogens with zero attached hydrogens (tertiary/aromatic N) is 10. The molecule has 0 radical (unpaired) electrons. The van der Waals surface area contributed by atoms with Gasteiger partial charge in [-0.05, 0) is 240 Å². The maximum Gasteiger partial charge on any atom is 0.410 e. The number of hydrogen-bond donors (Lipinski definition) is 6. The van der Waals surface area contributed by atoms with Crippen LogP contribution in [0.1, 0.15) is 135 Å². The fourth-order valence-corrected chi connectivity index (χ4v) is 12.9. The lowest BCUT2D eigenvalue weighted by Crippen LogP contribution is -2.39. The number of amides is 3. The molecule has 0 aliphatic carbocycles. The van der Waals surface area contributed by atoms with Gasteiger partial charge in [0.1, 0.15) is 136 Å². The van der Waals surface area contributed by atoms with Gasteiger partial charge in [-0.25, -0.2) is 41.9 Å². The molecule has 0 spiro atoms. The molecule has 31 nitrogen and oxygen atoms in total. The lowest BCUT2D eigenvalue weighted by atomic mass is 9.99. The molecule has 4 aliphatic rings. The molecule has 0 fully saturated rings. The van der Waals surface area contributed by atoms with E-state index in [2.05, 4.69) is 52.3 Å². The molecule has 133 heavy (non-hydrogen) atoms. The van der Waals surface area contributed by atoms with E-state index in [-0.39, 0.29) is 74.8 Å². The van der Waals surface area contributed by atoms with E-state index in [1.807, 2.05) is 101 Å². The summed E-state index contributed by atoms with van der Waals surface area (Å²) in [5.74, 6) is 4.62. The number of carbonyl (C=O) groups is 4. The van der Waals surface area contributed by atoms with Crippen molar-refractivity contribution in [1.82, 2.24) is 54.9 Å². The Morgan fingerprint density at radius 1 is 0.368 bits per heavy atom. The van der Waals surface area contributed by atoms with E-state index < -0.39 is 43.9 Å². The first-order valence-corrected chi connectivity index (χ1v) is 42.8. The normalized spacial score (nSPS) is 12.6. The molecule has 6 N–H and O–H groups in total. The average Bonchev–Trinajstić information content (AvgIpc) is 0.822. The lowest BCUT2D eigenvalue weighted by molar-refractivity contribution is 0.0213. The summed E-state index contributed by atoms with van der Waals surface area (Å²) >= 11 is 0. The van der Waals surface area contributed by atoms with E-state index in [1.165, 1.54) is 77.9 Å². The number of rotatable bonds is 27. The van der Waals surface area contributed by atoms with Gasteiger partial charge in [0.2, 0.25) is 11.8 Å². The molecule has 0 atom stereocenters. The number of methoxy groups -OCH3 is 2. The summed E-state index contributed by atoms with van der Waals surface area (Å²) in [4.78, 5) is 80.9. The number of pyridine rings is 7. The largest absolute Gasteiger partial charge is 0.508 e. The van der Waals surface area contributed by atoms with Crippen LogP contribution in [0.15, 0.2) is 201 Å². The van der Waals surface area contributed by atoms with Gasteiger partial charge < -0.3 is 97.7 Å². The number of ether oxygens (including phenoxy) is 11. The highest BCUT2D eigenvalue weighted by Gasteiger charge is 2.29. The molecular weight excluding hydrogens is 1730 g/mol. The maximum atomic E-state index is 12.9. The van der Waals surface area contributed by atoms with Gasteiger partial charge >= 0.3 is 18.2 Å². The van der Waals surface area contributed by atoms with Crippen molar-refractivity contribution in [3.05, 3.63) is 285 Å². The number of aromatic nitrogens is 7. The summed E-state index contributed by atoms with van der Waals surface area (Å²) in [5.41, 5.74) is 12.5. The summed E-state index contributed by atoms with van der Waals surface area (Å²) in [7, 11) is 3.02. The van der Waals surface area contributed by atoms with Gasteiger partial charge in [-0.2, -0.15) is 0 Å². The van der Waals surface area contributed by atoms with Crippen molar-refractivity contribution in [2.45, 2.75) is 138 Å². The molecule has 4 aliphatic heterocycles. The van der Waals surface area contributed by atoms with Gasteiger partial charge in [-0.1, -0.05) is 24.3 Å². The number of aliphatic hydroxyl groups excluding tert-OH is 2. The van der Waals surface area contributed by atoms with Gasteiger partial charge in [-0.3, -0.25) is 29.7 Å². The molecule has 0 bridgehead atoms. The number of phenolic OH excluding ortho intramolecular Hbond substituents is 1. The van der Waals surface area contributed by atoms with Gasteiger partial charge in [0.05, 0.1) is 98.0 Å². The van der Waals surface area contributed by atoms with E-state index in [4.69, 9.17) is 72.5 Å². The highest BCUT2D eigenvalue weighted by Crippen LogP contribution is 2.31. The second kappa shape index (κ2) is 53.2. The molecule has 11 aromatic rings. The van der Waals surface area contributed by atoms with Crippen LogP contribution < -0.4 is 47.9 Å². The Morgan fingerprint density at radius 3 is 1.07 bits per heavy atom. The molecule has 15 rings (SSSR count). The molecule has 35 heteroatoms. The third-order valence-electron chi connectivity index (χ3n) is 19.5. The van der Waals surface area contributed by atoms with Crippen LogP contribution in [0.4, 0.5) is 27.2 Å². The number of benzene rings is 4. The van der Waals surface area contributed by atoms with Crippen molar-refractivity contribution < 1.29 is 114 Å². The number of aromatic carboxylic acids is 1. The number of alkyl halides is 4. The average molecular weight is 1840 g/mol. The molecule has 0 saturated carbocycles. The molecule has 0 unspecified atom stereocenters. The number of hydrogen-bond acceptors (Lipinski definition) is 27. The van der Waals surface area contributed by atoms with Crippen LogP contribution in [0.5, 0.6) is 63.5 Å². The van der Waals surface area contributed by atoms with E-state index in [1.54, 1.807) is 108 Å². The van der Waals surface area contributed by atoms with E-state index in [9.17, 15) is 41.8 Å². The minimum atomic E-state index is -0.986. The summed E-state index contributed by atoms with van der Waals surface area (Å²) < 4.78 is 107. The number of carboxylic acid groups (broad SMARTS) is 1. The van der Waals surface area contributed by atoms with Crippen molar-refractivity contribution in [2.24, 2.45) is 0 Å². The first-order chi connectivity index (χ1) is 64.1. The SMILES string of the molecule is CC(C)(C)OC(=O)N1CCc2ccc(O)cc2C1.CC(C)(C)OC(=O)N1CCc2ccc(OCc3ccc(OCCF)cn3)cc2C1.COc1ccc(C(=O)N2CCc3ccc(OCc4ccc(OCCF)cn4)cc3C2)cn1.COc1ccc(C(=O)O)cn1.FCCOc1ccc(COc2ccc3c(c2)CNCC3)nc1.OCc1ccc(O)cn1.OCc1ccc(OCCF)cn1. The minimum absolute atomic E-state index is 0.0150. The predicted molar refractivity (Wildman–Crippen MR) is 484 cm³/mol. The number of carbonyl (C=O) groups excluding carboxylic acids is 3. The Hall–Kier alpha value is -14.2. The second-order valence-electron chi connectivity index (χ2n) is 31.7. The molecule has 7 aromatic heterocycles. The molecular formula is C98H113F4N11O20. The van der Waals surface area contributed by atoms with Crippen LogP contribution in [0, 0.1) is 0 Å². The number of halogens is 4. The van der Waals surface area contributed by atoms with Crippen molar-refractivity contribution in [3.8, 4) is 63.5 Å². The van der Waals surface area contributed by atoms with Crippen LogP contribution in [0.3, 0.4) is 0 Å². The molecule has 3 amide bonds. The van der Waals surface area contributed by atoms with E-state index in [0.29, 0.717) is 122 Å². The third-order valence-corrected chi connectivity index (χ3v) is 19.5. The predicted octanol–water partition coefficient (Wildman–Crippen LogP) is 15.2. The Kier molecular flexibility index (Phi) is 41.0. The lowest BCUT2D eigenvalue weighted by Gasteiger charge is -2.31. The van der Waals surface area contributed by atoms with Crippen molar-refractivity contribution in [1.29, 1.82) is 0 Å². The van der Waals surface area contributed by atoms with Crippen LogP contribution in [-0.2, 0) is 94.4 Å². The Bertz CT molecular complexity index is 5400. The molecule has 708 valence electrons. The smallest absolute Gasteiger partial charge is 0.410 e. The van der Waals surface area contributed by atoms with Gasteiger partial charge in [0, 0.05) is 70.3 Å². The minimum Gasteiger partial charge on any atom is -0.508 e. The standard InChI is InChI=1S/C24H24FN3O4.C22H27FN2O4.C17H19FN2O2.C14H19NO3.C8H10FNO2.C7H7NO3.C6H7NO2/c1-30-23-7-3-18(13-27-23)24(29)28-10-8-17-2-5-21(12-19(17)15-28)32-16-20-4-6-22(14-26-20)31-11-9-25;1-22(2,3)29-21(26)25-10-8-16-4-6-19(12-17(16)14-25)28-15-18-5-7-20(13-24-18)27-11-9-23;18-6-8-21-17-4-2-15(20-11-17)12-22-16-3-1-13-5-7-19-10-14(13)9-16;1-14(2,3)18-13(17)15-7-6-10-4-5-12(16)8-11(10)9-15;9-3-4-12-8-2-1-7(6-11)10-5-8;1-11-6-3-2-5(4-8-6)7(9)10;8-4-5-1-2-6(9)3-7-5/h2-7,12-14H,8-11,15-16H2,1H3;4-7,12-13H,8-11,14-15H2,1-3H3;1-4,9,11,19H,5-8,10,12H2;4-5,8,16H,6-7,9H2,1-3H3;1-2,5,11H,3-4,6H2;2-4H,1H3,(H,9,10);1-3,8-9H,4H2. The monoisotopic (exact) mass is 1840 g/mol. The van der Waals surface area contributed by atoms with Crippen LogP contribution in [0.25, 0.3) is 0 Å². The Balaban J connectivity index is 0.000000182. The Labute approximate surface area is 769 Å². The quantitative estimate of drug-likeness (QED) is 0.0260. The van der Waals surface area contributed by atoms with E-state index >= 15 is 0 Å². The zero-order valence-corrected chi connectivity index (χ0v) is 75.6. The van der Waals surface area contributed by atoms with E-state index in [0.717, 1.165) is 78.3 Å². The zero-order valence-electron chi connectivity index (χ0n) is 75.6. The number of phenols is 1. The third kappa shape index (κ3) is 35.6. The Morgan fingerprint density at radius 2 is 0.714 bits per heavy atom. The van der Waals surface area contributed by atoms with Gasteiger partial charge in [-0.15, -0.1) is 0 Å².